The lowest BCUT2D eigenvalue weighted by atomic mass is 9.53. The van der Waals surface area contributed by atoms with Gasteiger partial charge in [0.1, 0.15) is 5.78 Å². The Hall–Kier alpha value is -0.860. The van der Waals surface area contributed by atoms with E-state index in [-0.39, 0.29) is 29.5 Å². The van der Waals surface area contributed by atoms with E-state index in [1.165, 1.54) is 0 Å². The van der Waals surface area contributed by atoms with Gasteiger partial charge in [-0.3, -0.25) is 9.59 Å². The van der Waals surface area contributed by atoms with Crippen molar-refractivity contribution in [2.75, 3.05) is 0 Å². The highest BCUT2D eigenvalue weighted by Crippen LogP contribution is 2.52. The molecule has 0 amide bonds. The number of Topliss-reactive ketones (excluding diaryl/α,β-unsaturated/α-hetero) is 1. The van der Waals surface area contributed by atoms with Gasteiger partial charge in [0, 0.05) is 12.3 Å². The fourth-order valence-electron chi connectivity index (χ4n) is 2.28. The third-order valence-corrected chi connectivity index (χ3v) is 3.15. The molecule has 1 aliphatic carbocycles. The summed E-state index contributed by atoms with van der Waals surface area (Å²) < 4.78 is 0. The predicted octanol–water partition coefficient (Wildman–Crippen LogP) is 1.71. The van der Waals surface area contributed by atoms with Crippen LogP contribution in [0.15, 0.2) is 0 Å². The number of carbonyl (C=O) groups is 2. The van der Waals surface area contributed by atoms with Crippen molar-refractivity contribution in [1.82, 2.24) is 0 Å². The average Bonchev–Trinajstić information content (AvgIpc) is 1.96. The second-order valence-electron chi connectivity index (χ2n) is 4.61. The summed E-state index contributed by atoms with van der Waals surface area (Å²) in [5.41, 5.74) is 0.0225. The van der Waals surface area contributed by atoms with Crippen LogP contribution in [-0.4, -0.2) is 16.9 Å². The third-order valence-electron chi connectivity index (χ3n) is 3.15. The van der Waals surface area contributed by atoms with E-state index in [9.17, 15) is 9.59 Å². The van der Waals surface area contributed by atoms with Gasteiger partial charge < -0.3 is 5.11 Å². The molecule has 0 aromatic heterocycles. The van der Waals surface area contributed by atoms with E-state index in [0.29, 0.717) is 0 Å². The van der Waals surface area contributed by atoms with Gasteiger partial charge in [0.15, 0.2) is 0 Å². The topological polar surface area (TPSA) is 54.4 Å². The summed E-state index contributed by atoms with van der Waals surface area (Å²) in [6, 6.07) is 0. The Labute approximate surface area is 78.1 Å². The molecule has 0 spiro atoms. The van der Waals surface area contributed by atoms with E-state index in [4.69, 9.17) is 5.11 Å². The van der Waals surface area contributed by atoms with E-state index < -0.39 is 5.97 Å². The minimum atomic E-state index is -0.802. The van der Waals surface area contributed by atoms with Crippen LogP contribution >= 0.6 is 0 Å². The van der Waals surface area contributed by atoms with E-state index >= 15 is 0 Å². The molecule has 1 rings (SSSR count). The zero-order valence-electron chi connectivity index (χ0n) is 8.33. The van der Waals surface area contributed by atoms with E-state index in [1.54, 1.807) is 6.92 Å². The van der Waals surface area contributed by atoms with Crippen molar-refractivity contribution in [3.05, 3.63) is 0 Å². The van der Waals surface area contributed by atoms with Crippen LogP contribution in [0.3, 0.4) is 0 Å². The van der Waals surface area contributed by atoms with Crippen LogP contribution in [0.25, 0.3) is 0 Å². The average molecular weight is 184 g/mol. The summed E-state index contributed by atoms with van der Waals surface area (Å²) in [6.07, 6.45) is 0.956. The summed E-state index contributed by atoms with van der Waals surface area (Å²) in [6.45, 7) is 5.61. The number of carbonyl (C=O) groups excluding carboxylic acids is 1. The first-order chi connectivity index (χ1) is 5.84. The van der Waals surface area contributed by atoms with Gasteiger partial charge in [-0.25, -0.2) is 0 Å². The minimum absolute atomic E-state index is 0.0221. The van der Waals surface area contributed by atoms with Crippen LogP contribution in [0.2, 0.25) is 0 Å². The zero-order chi connectivity index (χ0) is 10.2. The molecule has 74 valence electrons. The molecule has 0 radical (unpaired) electrons. The van der Waals surface area contributed by atoms with Crippen molar-refractivity contribution in [2.24, 2.45) is 17.3 Å². The lowest BCUT2D eigenvalue weighted by molar-refractivity contribution is -0.147. The van der Waals surface area contributed by atoms with Crippen molar-refractivity contribution in [1.29, 1.82) is 0 Å². The summed E-state index contributed by atoms with van der Waals surface area (Å²) in [4.78, 5) is 21.7. The maximum atomic E-state index is 11.1. The summed E-state index contributed by atoms with van der Waals surface area (Å²) in [7, 11) is 0. The molecule has 0 heterocycles. The van der Waals surface area contributed by atoms with Crippen molar-refractivity contribution in [3.63, 3.8) is 0 Å². The predicted molar refractivity (Wildman–Crippen MR) is 48.3 cm³/mol. The van der Waals surface area contributed by atoms with Gasteiger partial charge in [-0.15, -0.1) is 0 Å². The first-order valence-electron chi connectivity index (χ1n) is 4.57. The second-order valence-corrected chi connectivity index (χ2v) is 4.61. The fourth-order valence-corrected chi connectivity index (χ4v) is 2.28. The van der Waals surface area contributed by atoms with Crippen LogP contribution in [0.1, 0.15) is 33.6 Å². The first kappa shape index (κ1) is 10.2. The summed E-state index contributed by atoms with van der Waals surface area (Å²) in [5, 5.41) is 8.67. The van der Waals surface area contributed by atoms with Crippen LogP contribution in [-0.2, 0) is 9.59 Å². The molecular weight excluding hydrogens is 168 g/mol. The Morgan fingerprint density at radius 3 is 2.31 bits per heavy atom. The number of ketones is 1. The molecule has 2 unspecified atom stereocenters. The molecule has 1 saturated carbocycles. The Balaban J connectivity index is 2.65. The van der Waals surface area contributed by atoms with Crippen LogP contribution in [0.5, 0.6) is 0 Å². The number of rotatable bonds is 3. The van der Waals surface area contributed by atoms with Gasteiger partial charge in [0.2, 0.25) is 0 Å². The summed E-state index contributed by atoms with van der Waals surface area (Å²) in [5.74, 6) is -0.664. The van der Waals surface area contributed by atoms with Gasteiger partial charge in [-0.2, -0.15) is 0 Å². The minimum Gasteiger partial charge on any atom is -0.481 e. The van der Waals surface area contributed by atoms with Crippen LogP contribution < -0.4 is 0 Å². The molecule has 0 aliphatic heterocycles. The highest BCUT2D eigenvalue weighted by atomic mass is 16.4. The van der Waals surface area contributed by atoms with Crippen LogP contribution in [0.4, 0.5) is 0 Å². The fraction of sp³-hybridized carbons (Fsp3) is 0.800. The molecule has 13 heavy (non-hydrogen) atoms. The number of aliphatic carboxylic acids is 1. The highest BCUT2D eigenvalue weighted by molar-refractivity contribution is 5.81. The Morgan fingerprint density at radius 1 is 1.46 bits per heavy atom. The van der Waals surface area contributed by atoms with Gasteiger partial charge >= 0.3 is 5.97 Å². The molecule has 1 aliphatic rings. The Kier molecular flexibility index (Phi) is 2.46. The number of hydrogen-bond donors (Lipinski definition) is 1. The molecule has 1 N–H and O–H groups in total. The molecule has 3 heteroatoms. The molecule has 2 atom stereocenters. The maximum absolute atomic E-state index is 11.1. The quantitative estimate of drug-likeness (QED) is 0.726. The van der Waals surface area contributed by atoms with E-state index in [1.807, 2.05) is 13.8 Å². The molecule has 0 aromatic carbocycles. The van der Waals surface area contributed by atoms with Gasteiger partial charge in [0.05, 0.1) is 0 Å². The first-order valence-corrected chi connectivity index (χ1v) is 4.57. The second kappa shape index (κ2) is 3.13. The molecular formula is C10H16O3. The lowest BCUT2D eigenvalue weighted by Crippen LogP contribution is -2.47. The smallest absolute Gasteiger partial charge is 0.303 e. The zero-order valence-corrected chi connectivity index (χ0v) is 8.33. The molecule has 0 bridgehead atoms. The molecule has 0 saturated heterocycles. The highest BCUT2D eigenvalue weighted by Gasteiger charge is 2.49. The van der Waals surface area contributed by atoms with Crippen molar-refractivity contribution in [2.45, 2.75) is 33.6 Å². The van der Waals surface area contributed by atoms with E-state index in [0.717, 1.165) is 6.42 Å². The molecule has 1 fully saturated rings. The SMILES string of the molecule is CC(=O)C1CC(C)(C)C1CC(=O)O. The monoisotopic (exact) mass is 184 g/mol. The summed E-state index contributed by atoms with van der Waals surface area (Å²) >= 11 is 0. The van der Waals surface area contributed by atoms with Crippen molar-refractivity contribution >= 4 is 11.8 Å². The largest absolute Gasteiger partial charge is 0.481 e. The van der Waals surface area contributed by atoms with Gasteiger partial charge in [-0.05, 0) is 24.7 Å². The lowest BCUT2D eigenvalue weighted by Gasteiger charge is -2.50. The number of carboxylic acid groups (broad SMARTS) is 1. The third kappa shape index (κ3) is 1.90. The molecule has 0 aromatic rings. The van der Waals surface area contributed by atoms with Crippen molar-refractivity contribution < 1.29 is 14.7 Å². The number of carboxylic acids is 1. The standard InChI is InChI=1S/C10H16O3/c1-6(11)7-5-10(2,3)8(7)4-9(12)13/h7-8H,4-5H2,1-3H3,(H,12,13). The van der Waals surface area contributed by atoms with Crippen LogP contribution in [0, 0.1) is 17.3 Å². The Morgan fingerprint density at radius 2 is 2.00 bits per heavy atom. The van der Waals surface area contributed by atoms with Gasteiger partial charge in [-0.1, -0.05) is 13.8 Å². The van der Waals surface area contributed by atoms with E-state index in [2.05, 4.69) is 0 Å². The molecule has 3 nitrogen and oxygen atoms in total. The van der Waals surface area contributed by atoms with Gasteiger partial charge in [0.25, 0.3) is 0 Å². The number of hydrogen-bond acceptors (Lipinski definition) is 2. The normalized spacial score (nSPS) is 30.7. The Bertz CT molecular complexity index is 243. The maximum Gasteiger partial charge on any atom is 0.303 e. The van der Waals surface area contributed by atoms with Crippen molar-refractivity contribution in [3.8, 4) is 0 Å².